The molecular weight excluding hydrogens is 428 g/mol. The molecule has 0 aliphatic rings. The van der Waals surface area contributed by atoms with Crippen LogP contribution in [-0.2, 0) is 35.9 Å². The molecule has 4 atom stereocenters. The topological polar surface area (TPSA) is 234 Å². The monoisotopic (exact) mass is 444 g/mol. The Morgan fingerprint density at radius 1 is 0.800 bits per heavy atom. The number of phosphoric acid groups is 2. The van der Waals surface area contributed by atoms with Crippen LogP contribution in [0.4, 0.5) is 0 Å². The van der Waals surface area contributed by atoms with Crippen LogP contribution in [0.3, 0.4) is 0 Å². The molecule has 25 heavy (non-hydrogen) atoms. The summed E-state index contributed by atoms with van der Waals surface area (Å²) in [5.41, 5.74) is 0. The van der Waals surface area contributed by atoms with Crippen molar-refractivity contribution < 1.29 is 55.5 Å². The third-order valence-corrected chi connectivity index (χ3v) is 6.31. The fourth-order valence-corrected chi connectivity index (χ4v) is 4.73. The summed E-state index contributed by atoms with van der Waals surface area (Å²) in [6.07, 6.45) is -0.104. The summed E-state index contributed by atoms with van der Waals surface area (Å²) < 4.78 is 58.1. The molecule has 0 spiro atoms. The van der Waals surface area contributed by atoms with Crippen molar-refractivity contribution in [1.29, 1.82) is 10.5 Å². The van der Waals surface area contributed by atoms with Gasteiger partial charge in [-0.05, 0) is 0 Å². The summed E-state index contributed by atoms with van der Waals surface area (Å²) in [4.78, 5) is 34.4. The summed E-state index contributed by atoms with van der Waals surface area (Å²) in [7, 11) is -17.2. The highest BCUT2D eigenvalue weighted by Crippen LogP contribution is 2.58. The van der Waals surface area contributed by atoms with Gasteiger partial charge in [-0.1, -0.05) is 0 Å². The van der Waals surface area contributed by atoms with E-state index in [1.54, 1.807) is 6.07 Å². The van der Waals surface area contributed by atoms with E-state index in [-0.39, 0.29) is 13.0 Å². The Morgan fingerprint density at radius 2 is 1.20 bits per heavy atom. The van der Waals surface area contributed by atoms with Crippen molar-refractivity contribution >= 4 is 30.8 Å². The van der Waals surface area contributed by atoms with Crippen LogP contribution in [0.2, 0.25) is 0 Å². The molecule has 146 valence electrons. The van der Waals surface area contributed by atoms with Crippen LogP contribution < -0.4 is 0 Å². The van der Waals surface area contributed by atoms with E-state index in [1.165, 1.54) is 6.07 Å². The standard InChI is InChI=1S/C4H9NO6P2.C3H7NO6P2/c1-12(6,7)11-13(8,9)10-4-2-3-5;1-11(5,6)10-12(7,8)9-3-2-4/h2,4H2,1H3,(H,6,7)(H,8,9);3H2,1H3,(H,5,6)(H,7,8). The largest absolute Gasteiger partial charge is 0.480 e. The molecule has 0 aromatic rings. The average molecular weight is 444 g/mol. The number of hydrogen-bond acceptors (Lipinski definition) is 10. The Labute approximate surface area is 142 Å². The highest BCUT2D eigenvalue weighted by molar-refractivity contribution is 7.63. The lowest BCUT2D eigenvalue weighted by Gasteiger charge is -2.12. The van der Waals surface area contributed by atoms with E-state index in [0.717, 1.165) is 13.3 Å². The van der Waals surface area contributed by atoms with Gasteiger partial charge >= 0.3 is 30.8 Å². The van der Waals surface area contributed by atoms with Crippen molar-refractivity contribution in [2.45, 2.75) is 6.42 Å². The second-order valence-electron chi connectivity index (χ2n) is 3.88. The maximum atomic E-state index is 10.8. The highest BCUT2D eigenvalue weighted by Gasteiger charge is 2.30. The van der Waals surface area contributed by atoms with Crippen molar-refractivity contribution in [3.05, 3.63) is 0 Å². The molecule has 14 nitrogen and oxygen atoms in total. The molecule has 0 aliphatic carbocycles. The minimum Gasteiger partial charge on any atom is -0.324 e. The van der Waals surface area contributed by atoms with Gasteiger partial charge in [-0.15, -0.1) is 0 Å². The Hall–Kier alpha value is -0.420. The first kappa shape index (κ1) is 26.8. The van der Waals surface area contributed by atoms with Crippen molar-refractivity contribution in [2.24, 2.45) is 0 Å². The Balaban J connectivity index is 0. The second-order valence-corrected chi connectivity index (χ2v) is 10.8. The van der Waals surface area contributed by atoms with E-state index in [0.29, 0.717) is 0 Å². The molecule has 0 bridgehead atoms. The van der Waals surface area contributed by atoms with E-state index in [1.807, 2.05) is 0 Å². The van der Waals surface area contributed by atoms with E-state index in [2.05, 4.69) is 17.7 Å². The van der Waals surface area contributed by atoms with Crippen molar-refractivity contribution in [3.63, 3.8) is 0 Å². The summed E-state index contributed by atoms with van der Waals surface area (Å²) in [5, 5.41) is 16.0. The molecule has 0 saturated heterocycles. The smallest absolute Gasteiger partial charge is 0.324 e. The summed E-state index contributed by atoms with van der Waals surface area (Å²) >= 11 is 0. The Bertz CT molecular complexity index is 683. The lowest BCUT2D eigenvalue weighted by atomic mass is 10.5. The van der Waals surface area contributed by atoms with Gasteiger partial charge in [0.2, 0.25) is 0 Å². The van der Waals surface area contributed by atoms with Crippen LogP contribution in [0.1, 0.15) is 6.42 Å². The fraction of sp³-hybridized carbons (Fsp3) is 0.714. The predicted octanol–water partition coefficient (Wildman–Crippen LogP) is 1.31. The minimum atomic E-state index is -4.57. The van der Waals surface area contributed by atoms with Gasteiger partial charge in [0.05, 0.1) is 25.2 Å². The van der Waals surface area contributed by atoms with Crippen molar-refractivity contribution in [1.82, 2.24) is 0 Å². The summed E-state index contributed by atoms with van der Waals surface area (Å²) in [6.45, 7) is 0.465. The molecule has 0 fully saturated rings. The van der Waals surface area contributed by atoms with Crippen molar-refractivity contribution in [3.8, 4) is 12.1 Å². The lowest BCUT2D eigenvalue weighted by molar-refractivity contribution is 0.200. The summed E-state index contributed by atoms with van der Waals surface area (Å²) in [6, 6.07) is 3.06. The third-order valence-electron chi connectivity index (χ3n) is 1.27. The van der Waals surface area contributed by atoms with E-state index in [4.69, 9.17) is 30.1 Å². The molecular formula is C7H16N2O12P4. The quantitative estimate of drug-likeness (QED) is 0.290. The first-order chi connectivity index (χ1) is 11.0. The molecule has 0 aromatic heterocycles. The van der Waals surface area contributed by atoms with Gasteiger partial charge in [0.25, 0.3) is 0 Å². The molecule has 18 heteroatoms. The third kappa shape index (κ3) is 21.5. The van der Waals surface area contributed by atoms with Crippen LogP contribution in [-0.4, -0.2) is 46.1 Å². The number of phosphoric ester groups is 2. The normalized spacial score (nSPS) is 20.2. The summed E-state index contributed by atoms with van der Waals surface area (Å²) in [5.74, 6) is 0. The van der Waals surface area contributed by atoms with Crippen LogP contribution in [0, 0.1) is 22.7 Å². The SMILES string of the molecule is CP(=O)(O)OP(=O)(O)OCC#N.CP(=O)(O)OP(=O)(O)OCCC#N. The minimum absolute atomic E-state index is 0.104. The molecule has 0 heterocycles. The highest BCUT2D eigenvalue weighted by atomic mass is 31.3. The van der Waals surface area contributed by atoms with Crippen LogP contribution >= 0.6 is 30.8 Å². The number of nitrogens with zero attached hydrogens (tertiary/aromatic N) is 2. The van der Waals surface area contributed by atoms with Gasteiger partial charge in [0.15, 0.2) is 0 Å². The van der Waals surface area contributed by atoms with Crippen molar-refractivity contribution in [2.75, 3.05) is 26.5 Å². The average Bonchev–Trinajstić information content (AvgIpc) is 2.31. The molecule has 0 aromatic carbocycles. The van der Waals surface area contributed by atoms with Gasteiger partial charge in [0, 0.05) is 13.3 Å². The zero-order valence-electron chi connectivity index (χ0n) is 12.9. The Morgan fingerprint density at radius 3 is 1.52 bits per heavy atom. The molecule has 0 rings (SSSR count). The molecule has 0 aliphatic heterocycles. The van der Waals surface area contributed by atoms with Gasteiger partial charge in [-0.2, -0.15) is 10.5 Å². The van der Waals surface area contributed by atoms with Crippen LogP contribution in [0.15, 0.2) is 0 Å². The number of rotatable bonds is 9. The van der Waals surface area contributed by atoms with E-state index in [9.17, 15) is 18.3 Å². The zero-order valence-corrected chi connectivity index (χ0v) is 16.4. The molecule has 4 unspecified atom stereocenters. The zero-order chi connectivity index (χ0) is 20.4. The lowest BCUT2D eigenvalue weighted by Crippen LogP contribution is -1.94. The van der Waals surface area contributed by atoms with Crippen LogP contribution in [0.5, 0.6) is 0 Å². The molecule has 0 saturated carbocycles. The van der Waals surface area contributed by atoms with E-state index >= 15 is 0 Å². The fourth-order valence-electron chi connectivity index (χ4n) is 0.747. The molecule has 0 radical (unpaired) electrons. The van der Waals surface area contributed by atoms with Gasteiger partial charge < -0.3 is 19.6 Å². The maximum Gasteiger partial charge on any atom is 0.480 e. The number of hydrogen-bond donors (Lipinski definition) is 4. The van der Waals surface area contributed by atoms with Gasteiger partial charge in [0.1, 0.15) is 6.61 Å². The second kappa shape index (κ2) is 11.3. The van der Waals surface area contributed by atoms with Gasteiger partial charge in [-0.3, -0.25) is 18.2 Å². The van der Waals surface area contributed by atoms with Gasteiger partial charge in [-0.25, -0.2) is 17.8 Å². The Kier molecular flexibility index (Phi) is 12.1. The molecule has 0 amide bonds. The number of nitriles is 2. The maximum absolute atomic E-state index is 10.8. The predicted molar refractivity (Wildman–Crippen MR) is 81.1 cm³/mol. The molecule has 4 N–H and O–H groups in total. The first-order valence-electron chi connectivity index (χ1n) is 5.75. The van der Waals surface area contributed by atoms with Crippen LogP contribution in [0.25, 0.3) is 0 Å². The first-order valence-corrected chi connectivity index (χ1v) is 12.8. The van der Waals surface area contributed by atoms with E-state index < -0.39 is 37.4 Å².